The quantitative estimate of drug-likeness (QED) is 0.655. The molecule has 4 heteroatoms. The van der Waals surface area contributed by atoms with Crippen molar-refractivity contribution in [2.24, 2.45) is 0 Å². The monoisotopic (exact) mass is 187 g/mol. The van der Waals surface area contributed by atoms with E-state index in [1.165, 1.54) is 0 Å². The molecule has 0 rings (SSSR count). The third-order valence-electron chi connectivity index (χ3n) is 1.89. The molecule has 0 bridgehead atoms. The largest absolute Gasteiger partial charge is 0.481 e. The molecule has 0 aromatic heterocycles. The smallest absolute Gasteiger partial charge is 0.303 e. The average molecular weight is 187 g/mol. The Balaban J connectivity index is 3.75. The first kappa shape index (κ1) is 11.9. The zero-order valence-corrected chi connectivity index (χ0v) is 8.17. The van der Waals surface area contributed by atoms with Crippen molar-refractivity contribution in [2.75, 3.05) is 0 Å². The molecule has 0 aliphatic rings. The van der Waals surface area contributed by atoms with Crippen molar-refractivity contribution in [3.8, 4) is 0 Å². The first-order chi connectivity index (χ1) is 6.10. The fourth-order valence-electron chi connectivity index (χ4n) is 1.01. The van der Waals surface area contributed by atoms with Gasteiger partial charge in [-0.2, -0.15) is 0 Å². The maximum atomic E-state index is 11.0. The van der Waals surface area contributed by atoms with Crippen molar-refractivity contribution in [3.63, 3.8) is 0 Å². The molecule has 4 nitrogen and oxygen atoms in total. The summed E-state index contributed by atoms with van der Waals surface area (Å²) in [7, 11) is 0. The number of hydrogen-bond donors (Lipinski definition) is 2. The van der Waals surface area contributed by atoms with Crippen LogP contribution >= 0.6 is 0 Å². The van der Waals surface area contributed by atoms with Crippen molar-refractivity contribution in [3.05, 3.63) is 0 Å². The van der Waals surface area contributed by atoms with Crippen LogP contribution < -0.4 is 5.32 Å². The molecule has 76 valence electrons. The van der Waals surface area contributed by atoms with Gasteiger partial charge in [-0.25, -0.2) is 0 Å². The van der Waals surface area contributed by atoms with Crippen LogP contribution in [0.2, 0.25) is 0 Å². The van der Waals surface area contributed by atoms with E-state index >= 15 is 0 Å². The molecule has 0 spiro atoms. The molecule has 2 N–H and O–H groups in total. The zero-order chi connectivity index (χ0) is 10.3. The molecule has 0 saturated heterocycles. The van der Waals surface area contributed by atoms with Gasteiger partial charge >= 0.3 is 5.97 Å². The number of hydrogen-bond acceptors (Lipinski definition) is 2. The summed E-state index contributed by atoms with van der Waals surface area (Å²) in [5.74, 6) is -0.832. The first-order valence-electron chi connectivity index (χ1n) is 4.61. The van der Waals surface area contributed by atoms with E-state index < -0.39 is 5.97 Å². The fraction of sp³-hybridized carbons (Fsp3) is 0.778. The molecule has 0 saturated carbocycles. The average Bonchev–Trinajstić information content (AvgIpc) is 2.11. The molecule has 0 fully saturated rings. The summed E-state index contributed by atoms with van der Waals surface area (Å²) >= 11 is 0. The lowest BCUT2D eigenvalue weighted by molar-refractivity contribution is -0.137. The number of aliphatic carboxylic acids is 1. The van der Waals surface area contributed by atoms with Crippen LogP contribution in [0.15, 0.2) is 0 Å². The van der Waals surface area contributed by atoms with Crippen LogP contribution in [-0.2, 0) is 9.59 Å². The molecule has 0 aromatic carbocycles. The Kier molecular flexibility index (Phi) is 5.93. The first-order valence-corrected chi connectivity index (χ1v) is 4.61. The number of carboxylic acids is 1. The predicted octanol–water partition coefficient (Wildman–Crippen LogP) is 1.16. The van der Waals surface area contributed by atoms with Gasteiger partial charge < -0.3 is 10.4 Å². The Morgan fingerprint density at radius 1 is 1.38 bits per heavy atom. The van der Waals surface area contributed by atoms with E-state index in [0.29, 0.717) is 12.8 Å². The van der Waals surface area contributed by atoms with E-state index in [0.717, 1.165) is 6.42 Å². The Hall–Kier alpha value is -1.06. The minimum atomic E-state index is -0.816. The second-order valence-electron chi connectivity index (χ2n) is 2.96. The molecule has 1 amide bonds. The SMILES string of the molecule is CCC(=O)N[C@@H](CC)CCC(=O)O. The number of amides is 1. The summed E-state index contributed by atoms with van der Waals surface area (Å²) in [6, 6.07) is 0.00329. The number of carboxylic acid groups (broad SMARTS) is 1. The van der Waals surface area contributed by atoms with Crippen LogP contribution in [0.5, 0.6) is 0 Å². The van der Waals surface area contributed by atoms with Crippen molar-refractivity contribution >= 4 is 11.9 Å². The summed E-state index contributed by atoms with van der Waals surface area (Å²) in [6.07, 6.45) is 1.85. The van der Waals surface area contributed by atoms with Crippen molar-refractivity contribution in [2.45, 2.75) is 45.6 Å². The zero-order valence-electron chi connectivity index (χ0n) is 8.17. The number of carbonyl (C=O) groups excluding carboxylic acids is 1. The summed E-state index contributed by atoms with van der Waals surface area (Å²) in [5.41, 5.74) is 0. The standard InChI is InChI=1S/C9H17NO3/c1-3-7(5-6-9(12)13)10-8(11)4-2/h7H,3-6H2,1-2H3,(H,10,11)(H,12,13)/t7-/m0/s1. The van der Waals surface area contributed by atoms with Crippen molar-refractivity contribution in [1.29, 1.82) is 0 Å². The van der Waals surface area contributed by atoms with Crippen LogP contribution in [0.1, 0.15) is 39.5 Å². The van der Waals surface area contributed by atoms with Crippen molar-refractivity contribution < 1.29 is 14.7 Å². The van der Waals surface area contributed by atoms with E-state index in [9.17, 15) is 9.59 Å². The number of carbonyl (C=O) groups is 2. The Morgan fingerprint density at radius 2 is 2.00 bits per heavy atom. The van der Waals surface area contributed by atoms with Crippen molar-refractivity contribution in [1.82, 2.24) is 5.32 Å². The summed E-state index contributed by atoms with van der Waals surface area (Å²) < 4.78 is 0. The van der Waals surface area contributed by atoms with E-state index in [1.54, 1.807) is 6.92 Å². The summed E-state index contributed by atoms with van der Waals surface area (Å²) in [6.45, 7) is 3.71. The molecule has 0 aliphatic heterocycles. The predicted molar refractivity (Wildman–Crippen MR) is 49.4 cm³/mol. The molecule has 13 heavy (non-hydrogen) atoms. The molecule has 0 heterocycles. The van der Waals surface area contributed by atoms with Gasteiger partial charge in [0.15, 0.2) is 0 Å². The molecular formula is C9H17NO3. The van der Waals surface area contributed by atoms with Gasteiger partial charge in [-0.3, -0.25) is 9.59 Å². The van der Waals surface area contributed by atoms with Gasteiger partial charge in [0.1, 0.15) is 0 Å². The van der Waals surface area contributed by atoms with Gasteiger partial charge in [-0.15, -0.1) is 0 Å². The Morgan fingerprint density at radius 3 is 2.38 bits per heavy atom. The maximum Gasteiger partial charge on any atom is 0.303 e. The highest BCUT2D eigenvalue weighted by Gasteiger charge is 2.10. The summed E-state index contributed by atoms with van der Waals surface area (Å²) in [4.78, 5) is 21.2. The second-order valence-corrected chi connectivity index (χ2v) is 2.96. The minimum absolute atomic E-state index is 0.00329. The van der Waals surface area contributed by atoms with Gasteiger partial charge in [0.25, 0.3) is 0 Å². The third kappa shape index (κ3) is 6.13. The topological polar surface area (TPSA) is 66.4 Å². The Bertz CT molecular complexity index is 180. The van der Waals surface area contributed by atoms with E-state index in [-0.39, 0.29) is 18.4 Å². The van der Waals surface area contributed by atoms with Gasteiger partial charge in [-0.05, 0) is 12.8 Å². The van der Waals surface area contributed by atoms with Crippen LogP contribution in [0.4, 0.5) is 0 Å². The van der Waals surface area contributed by atoms with Gasteiger partial charge in [0.2, 0.25) is 5.91 Å². The highest BCUT2D eigenvalue weighted by Crippen LogP contribution is 2.01. The van der Waals surface area contributed by atoms with Crippen LogP contribution in [0.25, 0.3) is 0 Å². The lowest BCUT2D eigenvalue weighted by Gasteiger charge is -2.14. The number of rotatable bonds is 6. The third-order valence-corrected chi connectivity index (χ3v) is 1.89. The maximum absolute atomic E-state index is 11.0. The second kappa shape index (κ2) is 6.46. The molecule has 0 aromatic rings. The van der Waals surface area contributed by atoms with Crippen LogP contribution in [0.3, 0.4) is 0 Å². The van der Waals surface area contributed by atoms with Gasteiger partial charge in [0.05, 0.1) is 0 Å². The molecule has 0 radical (unpaired) electrons. The van der Waals surface area contributed by atoms with E-state index in [2.05, 4.69) is 5.32 Å². The molecule has 0 unspecified atom stereocenters. The van der Waals surface area contributed by atoms with E-state index in [1.807, 2.05) is 6.92 Å². The number of nitrogens with one attached hydrogen (secondary N) is 1. The van der Waals surface area contributed by atoms with Gasteiger partial charge in [0, 0.05) is 18.9 Å². The fourth-order valence-corrected chi connectivity index (χ4v) is 1.01. The highest BCUT2D eigenvalue weighted by atomic mass is 16.4. The molecule has 1 atom stereocenters. The lowest BCUT2D eigenvalue weighted by atomic mass is 10.1. The van der Waals surface area contributed by atoms with E-state index in [4.69, 9.17) is 5.11 Å². The highest BCUT2D eigenvalue weighted by molar-refractivity contribution is 5.75. The molecule has 0 aliphatic carbocycles. The molecular weight excluding hydrogens is 170 g/mol. The van der Waals surface area contributed by atoms with Gasteiger partial charge in [-0.1, -0.05) is 13.8 Å². The minimum Gasteiger partial charge on any atom is -0.481 e. The van der Waals surface area contributed by atoms with Crippen LogP contribution in [-0.4, -0.2) is 23.0 Å². The Labute approximate surface area is 78.3 Å². The summed E-state index contributed by atoms with van der Waals surface area (Å²) in [5, 5.41) is 11.2. The lowest BCUT2D eigenvalue weighted by Crippen LogP contribution is -2.34. The normalized spacial score (nSPS) is 12.2. The van der Waals surface area contributed by atoms with Crippen LogP contribution in [0, 0.1) is 0 Å².